The fraction of sp³-hybridized carbons (Fsp3) is 0.346. The number of rotatable bonds is 12. The number of benzene rings is 1. The number of aliphatic carboxylic acids is 2. The van der Waals surface area contributed by atoms with Gasteiger partial charge < -0.3 is 20.4 Å². The van der Waals surface area contributed by atoms with Crippen LogP contribution in [0, 0.1) is 0 Å². The minimum absolute atomic E-state index is 0.0326. The summed E-state index contributed by atoms with van der Waals surface area (Å²) in [5, 5.41) is 27.9. The molecule has 0 spiro atoms. The van der Waals surface area contributed by atoms with Gasteiger partial charge in [-0.1, -0.05) is 24.3 Å². The Bertz CT molecular complexity index is 1350. The lowest BCUT2D eigenvalue weighted by molar-refractivity contribution is -0.150. The molecule has 1 aromatic heterocycles. The van der Waals surface area contributed by atoms with Gasteiger partial charge in [0.2, 0.25) is 5.91 Å². The van der Waals surface area contributed by atoms with E-state index in [1.807, 2.05) is 52.7 Å². The molecular weight excluding hydrogens is 575 g/mol. The van der Waals surface area contributed by atoms with Crippen LogP contribution in [0.3, 0.4) is 0 Å². The molecule has 5 rings (SSSR count). The number of carboxylic acid groups (broad SMARTS) is 2. The standard InChI is InChI=1S/C26H27N5O6S3/c32-20(12-18-8-5-11-38-18)27-22-24(35)31-23(26(36)37)16(13-39-25(22)31)14-40-30-15-29(17-6-2-1-3-7-17)19(28-30)9-4-10-21(33)34/h1-3,5-8,11,22,25H,4,9-10,12-15H2,(H,27,32)(H,33,34)(H,36,37)/t22?,25-/m0/s1. The predicted molar refractivity (Wildman–Crippen MR) is 155 cm³/mol. The second-order valence-corrected chi connectivity index (χ2v) is 12.4. The van der Waals surface area contributed by atoms with Crippen molar-refractivity contribution < 1.29 is 29.4 Å². The lowest BCUT2D eigenvalue weighted by atomic mass is 10.0. The summed E-state index contributed by atoms with van der Waals surface area (Å²) < 4.78 is 1.76. The van der Waals surface area contributed by atoms with E-state index in [1.165, 1.54) is 39.9 Å². The van der Waals surface area contributed by atoms with Crippen LogP contribution >= 0.6 is 35.0 Å². The minimum atomic E-state index is -1.18. The molecule has 40 heavy (non-hydrogen) atoms. The zero-order valence-corrected chi connectivity index (χ0v) is 23.7. The molecule has 2 atom stereocenters. The maximum atomic E-state index is 13.0. The smallest absolute Gasteiger partial charge is 0.352 e. The quantitative estimate of drug-likeness (QED) is 0.245. The van der Waals surface area contributed by atoms with Gasteiger partial charge in [0.25, 0.3) is 5.91 Å². The number of fused-ring (bicyclic) bond motifs is 1. The first-order valence-corrected chi connectivity index (χ1v) is 15.4. The number of hydrogen-bond donors (Lipinski definition) is 3. The van der Waals surface area contributed by atoms with E-state index in [-0.39, 0.29) is 24.4 Å². The number of nitrogens with zero attached hydrogens (tertiary/aromatic N) is 4. The Labute approximate surface area is 243 Å². The molecule has 14 heteroatoms. The van der Waals surface area contributed by atoms with Gasteiger partial charge >= 0.3 is 11.9 Å². The highest BCUT2D eigenvalue weighted by atomic mass is 32.2. The molecule has 0 saturated carbocycles. The molecule has 0 bridgehead atoms. The summed E-state index contributed by atoms with van der Waals surface area (Å²) >= 11 is 4.24. The summed E-state index contributed by atoms with van der Waals surface area (Å²) in [7, 11) is 0. The van der Waals surface area contributed by atoms with Crippen LogP contribution in [0.15, 0.2) is 64.2 Å². The minimum Gasteiger partial charge on any atom is -0.481 e. The molecule has 0 radical (unpaired) electrons. The fourth-order valence-electron chi connectivity index (χ4n) is 4.65. The molecule has 4 heterocycles. The van der Waals surface area contributed by atoms with E-state index >= 15 is 0 Å². The second-order valence-electron chi connectivity index (χ2n) is 9.26. The topological polar surface area (TPSA) is 143 Å². The summed E-state index contributed by atoms with van der Waals surface area (Å²) in [5.41, 5.74) is 1.51. The Kier molecular flexibility index (Phi) is 8.66. The van der Waals surface area contributed by atoms with E-state index in [4.69, 9.17) is 5.11 Å². The van der Waals surface area contributed by atoms with Crippen molar-refractivity contribution in [2.45, 2.75) is 37.1 Å². The Hall–Kier alpha value is -3.49. The average molecular weight is 602 g/mol. The van der Waals surface area contributed by atoms with Gasteiger partial charge in [0.05, 0.1) is 6.42 Å². The van der Waals surface area contributed by atoms with Crippen LogP contribution in [0.1, 0.15) is 24.1 Å². The maximum Gasteiger partial charge on any atom is 0.352 e. The molecule has 1 fully saturated rings. The molecule has 2 amide bonds. The van der Waals surface area contributed by atoms with Crippen molar-refractivity contribution in [3.05, 3.63) is 64.0 Å². The van der Waals surface area contributed by atoms with Crippen molar-refractivity contribution in [1.29, 1.82) is 0 Å². The highest BCUT2D eigenvalue weighted by molar-refractivity contribution is 8.00. The summed E-state index contributed by atoms with van der Waals surface area (Å²) in [6.45, 7) is 0.420. The molecule has 3 aliphatic rings. The van der Waals surface area contributed by atoms with Gasteiger partial charge in [-0.3, -0.25) is 19.3 Å². The van der Waals surface area contributed by atoms with Crippen LogP contribution < -0.4 is 10.2 Å². The molecular formula is C26H27N5O6S3. The van der Waals surface area contributed by atoms with E-state index in [2.05, 4.69) is 10.4 Å². The molecule has 3 aliphatic heterocycles. The summed E-state index contributed by atoms with van der Waals surface area (Å²) in [4.78, 5) is 52.8. The van der Waals surface area contributed by atoms with Gasteiger partial charge in [-0.15, -0.1) is 23.1 Å². The van der Waals surface area contributed by atoms with Crippen LogP contribution in [0.25, 0.3) is 0 Å². The highest BCUT2D eigenvalue weighted by Crippen LogP contribution is 2.41. The van der Waals surface area contributed by atoms with E-state index < -0.39 is 29.3 Å². The van der Waals surface area contributed by atoms with Crippen LogP contribution in [-0.2, 0) is 25.6 Å². The molecule has 11 nitrogen and oxygen atoms in total. The van der Waals surface area contributed by atoms with E-state index in [1.54, 1.807) is 4.41 Å². The third kappa shape index (κ3) is 6.13. The highest BCUT2D eigenvalue weighted by Gasteiger charge is 2.54. The summed E-state index contributed by atoms with van der Waals surface area (Å²) in [6, 6.07) is 12.6. The van der Waals surface area contributed by atoms with Crippen molar-refractivity contribution in [1.82, 2.24) is 14.6 Å². The number of β-lactam (4-membered cyclic amide) rings is 1. The number of carbonyl (C=O) groups excluding carboxylic acids is 2. The summed E-state index contributed by atoms with van der Waals surface area (Å²) in [6.07, 6.45) is 1.16. The second kappa shape index (κ2) is 12.4. The average Bonchev–Trinajstić information content (AvgIpc) is 3.60. The number of nitrogens with one attached hydrogen (secondary N) is 1. The number of para-hydroxylation sites is 1. The molecule has 1 saturated heterocycles. The number of hydrazone groups is 1. The first-order valence-electron chi connectivity index (χ1n) is 12.6. The number of carboxylic acids is 2. The van der Waals surface area contributed by atoms with Gasteiger partial charge in [-0.05, 0) is 47.5 Å². The zero-order chi connectivity index (χ0) is 28.2. The number of anilines is 1. The Balaban J connectivity index is 1.24. The Morgan fingerprint density at radius 1 is 1.12 bits per heavy atom. The van der Waals surface area contributed by atoms with E-state index in [9.17, 15) is 24.3 Å². The van der Waals surface area contributed by atoms with Crippen molar-refractivity contribution >= 4 is 70.3 Å². The number of thioether (sulfide) groups is 1. The number of amides is 2. The van der Waals surface area contributed by atoms with Gasteiger partial charge in [-0.2, -0.15) is 5.10 Å². The molecule has 3 N–H and O–H groups in total. The third-order valence-electron chi connectivity index (χ3n) is 6.53. The lowest BCUT2D eigenvalue weighted by Gasteiger charge is -2.49. The van der Waals surface area contributed by atoms with E-state index in [0.29, 0.717) is 36.6 Å². The van der Waals surface area contributed by atoms with Gasteiger partial charge in [0.15, 0.2) is 0 Å². The Morgan fingerprint density at radius 2 is 1.93 bits per heavy atom. The summed E-state index contributed by atoms with van der Waals surface area (Å²) in [5.74, 6) is -1.26. The Morgan fingerprint density at radius 3 is 2.62 bits per heavy atom. The largest absolute Gasteiger partial charge is 0.481 e. The van der Waals surface area contributed by atoms with Crippen LogP contribution in [0.5, 0.6) is 0 Å². The lowest BCUT2D eigenvalue weighted by Crippen LogP contribution is -2.70. The normalized spacial score (nSPS) is 20.2. The van der Waals surface area contributed by atoms with Gasteiger partial charge in [0.1, 0.15) is 29.6 Å². The van der Waals surface area contributed by atoms with Gasteiger partial charge in [0, 0.05) is 34.9 Å². The number of amidine groups is 1. The number of hydrogen-bond acceptors (Lipinski definition) is 10. The first-order chi connectivity index (χ1) is 19.3. The van der Waals surface area contributed by atoms with Crippen LogP contribution in [0.4, 0.5) is 5.69 Å². The molecule has 2 aromatic rings. The monoisotopic (exact) mass is 601 g/mol. The maximum absolute atomic E-state index is 13.0. The third-order valence-corrected chi connectivity index (χ3v) is 9.72. The van der Waals surface area contributed by atoms with Crippen LogP contribution in [0.2, 0.25) is 0 Å². The fourth-order valence-corrected chi connectivity index (χ4v) is 7.72. The van der Waals surface area contributed by atoms with E-state index in [0.717, 1.165) is 16.4 Å². The SMILES string of the molecule is O=C(O)CCCC1=NN(SCC2=C(C(=O)O)N3C(=O)C(NC(=O)Cc4cccs4)[C@@H]3SC2)CN1c1ccccc1. The van der Waals surface area contributed by atoms with Crippen molar-refractivity contribution in [3.8, 4) is 0 Å². The molecule has 1 aromatic carbocycles. The molecule has 210 valence electrons. The van der Waals surface area contributed by atoms with Crippen LogP contribution in [-0.4, -0.2) is 78.7 Å². The zero-order valence-electron chi connectivity index (χ0n) is 21.3. The van der Waals surface area contributed by atoms with Crippen molar-refractivity contribution in [2.75, 3.05) is 23.1 Å². The predicted octanol–water partition coefficient (Wildman–Crippen LogP) is 3.03. The number of thiophene rings is 1. The van der Waals surface area contributed by atoms with Crippen molar-refractivity contribution in [2.24, 2.45) is 5.10 Å². The molecule has 1 unspecified atom stereocenters. The number of carbonyl (C=O) groups is 4. The first kappa shape index (κ1) is 28.1. The van der Waals surface area contributed by atoms with Gasteiger partial charge in [-0.25, -0.2) is 9.21 Å². The molecule has 0 aliphatic carbocycles. The van der Waals surface area contributed by atoms with Crippen molar-refractivity contribution in [3.63, 3.8) is 0 Å².